The molecule has 0 aliphatic heterocycles. The van der Waals surface area contributed by atoms with Gasteiger partial charge in [-0.1, -0.05) is 12.1 Å². The van der Waals surface area contributed by atoms with E-state index in [4.69, 9.17) is 5.11 Å². The average Bonchev–Trinajstić information content (AvgIpc) is 2.37. The highest BCUT2D eigenvalue weighted by Gasteiger charge is 2.06. The van der Waals surface area contributed by atoms with Gasteiger partial charge >= 0.3 is 5.97 Å². The number of hydrogen-bond donors (Lipinski definition) is 2. The molecule has 0 spiro atoms. The number of fused-ring (bicyclic) bond motifs is 1. The van der Waals surface area contributed by atoms with Gasteiger partial charge in [0.1, 0.15) is 11.6 Å². The van der Waals surface area contributed by atoms with Crippen molar-refractivity contribution in [2.75, 3.05) is 12.4 Å². The van der Waals surface area contributed by atoms with Crippen LogP contribution in [0.5, 0.6) is 0 Å². The van der Waals surface area contributed by atoms with Crippen LogP contribution >= 0.6 is 0 Å². The highest BCUT2D eigenvalue weighted by Crippen LogP contribution is 2.19. The monoisotopic (exact) mass is 245 g/mol. The maximum absolute atomic E-state index is 10.5. The van der Waals surface area contributed by atoms with Crippen LogP contribution in [-0.4, -0.2) is 28.1 Å². The SMILES string of the molecule is CNc1nc(CCCC(=O)O)nc2ccccc12. The van der Waals surface area contributed by atoms with Gasteiger partial charge in [0, 0.05) is 25.3 Å². The molecule has 0 saturated carbocycles. The first kappa shape index (κ1) is 12.3. The van der Waals surface area contributed by atoms with Crippen molar-refractivity contribution in [1.29, 1.82) is 0 Å². The van der Waals surface area contributed by atoms with Crippen LogP contribution in [0.3, 0.4) is 0 Å². The van der Waals surface area contributed by atoms with Crippen LogP contribution in [0.2, 0.25) is 0 Å². The first-order chi connectivity index (χ1) is 8.70. The standard InChI is InChI=1S/C13H15N3O2/c1-14-13-9-5-2-3-6-10(9)15-11(16-13)7-4-8-12(17)18/h2-3,5-6H,4,7-8H2,1H3,(H,17,18)(H,14,15,16). The van der Waals surface area contributed by atoms with Crippen molar-refractivity contribution < 1.29 is 9.90 Å². The summed E-state index contributed by atoms with van der Waals surface area (Å²) in [5, 5.41) is 12.6. The first-order valence-corrected chi connectivity index (χ1v) is 5.86. The molecule has 0 unspecified atom stereocenters. The lowest BCUT2D eigenvalue weighted by molar-refractivity contribution is -0.137. The minimum atomic E-state index is -0.787. The largest absolute Gasteiger partial charge is 0.481 e. The predicted octanol–water partition coefficient (Wildman–Crippen LogP) is 2.08. The van der Waals surface area contributed by atoms with Gasteiger partial charge in [-0.3, -0.25) is 4.79 Å². The third kappa shape index (κ3) is 2.74. The molecule has 2 aromatic rings. The van der Waals surface area contributed by atoms with Gasteiger partial charge in [-0.05, 0) is 18.6 Å². The Hall–Kier alpha value is -2.17. The second-order valence-corrected chi connectivity index (χ2v) is 4.00. The smallest absolute Gasteiger partial charge is 0.303 e. The molecule has 5 heteroatoms. The van der Waals surface area contributed by atoms with E-state index in [2.05, 4.69) is 15.3 Å². The molecular formula is C13H15N3O2. The molecule has 0 aliphatic carbocycles. The number of aliphatic carboxylic acids is 1. The number of nitrogens with zero attached hydrogens (tertiary/aromatic N) is 2. The van der Waals surface area contributed by atoms with E-state index in [1.165, 1.54) is 0 Å². The molecular weight excluding hydrogens is 230 g/mol. The third-order valence-corrected chi connectivity index (χ3v) is 2.68. The molecule has 2 N–H and O–H groups in total. The van der Waals surface area contributed by atoms with Crippen LogP contribution in [-0.2, 0) is 11.2 Å². The summed E-state index contributed by atoms with van der Waals surface area (Å²) in [6.45, 7) is 0. The quantitative estimate of drug-likeness (QED) is 0.843. The Kier molecular flexibility index (Phi) is 3.72. The van der Waals surface area contributed by atoms with Crippen LogP contribution in [0.25, 0.3) is 10.9 Å². The number of anilines is 1. The minimum absolute atomic E-state index is 0.144. The van der Waals surface area contributed by atoms with Crippen molar-refractivity contribution in [2.45, 2.75) is 19.3 Å². The average molecular weight is 245 g/mol. The number of nitrogens with one attached hydrogen (secondary N) is 1. The van der Waals surface area contributed by atoms with Crippen molar-refractivity contribution in [3.63, 3.8) is 0 Å². The molecule has 0 radical (unpaired) electrons. The van der Waals surface area contributed by atoms with E-state index in [1.807, 2.05) is 31.3 Å². The van der Waals surface area contributed by atoms with Crippen molar-refractivity contribution in [2.24, 2.45) is 0 Å². The molecule has 2 rings (SSSR count). The molecule has 0 aliphatic rings. The van der Waals surface area contributed by atoms with Gasteiger partial charge < -0.3 is 10.4 Å². The van der Waals surface area contributed by atoms with Gasteiger partial charge in [0.15, 0.2) is 0 Å². The Morgan fingerprint density at radius 1 is 1.33 bits per heavy atom. The molecule has 18 heavy (non-hydrogen) atoms. The summed E-state index contributed by atoms with van der Waals surface area (Å²) >= 11 is 0. The molecule has 0 atom stereocenters. The molecule has 1 heterocycles. The summed E-state index contributed by atoms with van der Waals surface area (Å²) in [6.07, 6.45) is 1.27. The van der Waals surface area contributed by atoms with Crippen molar-refractivity contribution in [3.05, 3.63) is 30.1 Å². The number of carboxylic acid groups (broad SMARTS) is 1. The van der Waals surface area contributed by atoms with Gasteiger partial charge in [0.2, 0.25) is 0 Å². The Bertz CT molecular complexity index is 569. The molecule has 1 aromatic heterocycles. The Balaban J connectivity index is 2.26. The Labute approximate surface area is 105 Å². The van der Waals surface area contributed by atoms with Crippen LogP contribution < -0.4 is 5.32 Å². The van der Waals surface area contributed by atoms with Gasteiger partial charge in [0.25, 0.3) is 0 Å². The fourth-order valence-electron chi connectivity index (χ4n) is 1.82. The summed E-state index contributed by atoms with van der Waals surface area (Å²) in [5.41, 5.74) is 0.877. The van der Waals surface area contributed by atoms with E-state index in [0.29, 0.717) is 18.7 Å². The van der Waals surface area contributed by atoms with Crippen LogP contribution in [0.1, 0.15) is 18.7 Å². The number of carboxylic acids is 1. The molecule has 1 aromatic carbocycles. The molecule has 94 valence electrons. The summed E-state index contributed by atoms with van der Waals surface area (Å²) in [5.74, 6) is 0.676. The number of carbonyl (C=O) groups is 1. The Morgan fingerprint density at radius 3 is 2.83 bits per heavy atom. The van der Waals surface area contributed by atoms with Gasteiger partial charge in [-0.2, -0.15) is 0 Å². The summed E-state index contributed by atoms with van der Waals surface area (Å²) in [7, 11) is 1.82. The van der Waals surface area contributed by atoms with E-state index in [-0.39, 0.29) is 6.42 Å². The van der Waals surface area contributed by atoms with E-state index < -0.39 is 5.97 Å². The summed E-state index contributed by atoms with van der Waals surface area (Å²) < 4.78 is 0. The van der Waals surface area contributed by atoms with Gasteiger partial charge in [-0.25, -0.2) is 9.97 Å². The van der Waals surface area contributed by atoms with Crippen molar-refractivity contribution >= 4 is 22.7 Å². The van der Waals surface area contributed by atoms with Crippen LogP contribution in [0, 0.1) is 0 Å². The molecule has 0 fully saturated rings. The van der Waals surface area contributed by atoms with E-state index >= 15 is 0 Å². The minimum Gasteiger partial charge on any atom is -0.481 e. The number of benzene rings is 1. The molecule has 0 amide bonds. The van der Waals surface area contributed by atoms with E-state index in [9.17, 15) is 4.79 Å². The topological polar surface area (TPSA) is 75.1 Å². The highest BCUT2D eigenvalue weighted by atomic mass is 16.4. The molecule has 5 nitrogen and oxygen atoms in total. The van der Waals surface area contributed by atoms with Gasteiger partial charge in [0.05, 0.1) is 5.52 Å². The number of hydrogen-bond acceptors (Lipinski definition) is 4. The zero-order valence-corrected chi connectivity index (χ0v) is 10.2. The molecule has 0 saturated heterocycles. The fraction of sp³-hybridized carbons (Fsp3) is 0.308. The lowest BCUT2D eigenvalue weighted by atomic mass is 10.2. The van der Waals surface area contributed by atoms with Crippen molar-refractivity contribution in [1.82, 2.24) is 9.97 Å². The fourth-order valence-corrected chi connectivity index (χ4v) is 1.82. The second kappa shape index (κ2) is 5.44. The highest BCUT2D eigenvalue weighted by molar-refractivity contribution is 5.88. The zero-order chi connectivity index (χ0) is 13.0. The zero-order valence-electron chi connectivity index (χ0n) is 10.2. The number of aromatic nitrogens is 2. The lowest BCUT2D eigenvalue weighted by Crippen LogP contribution is -2.03. The van der Waals surface area contributed by atoms with E-state index in [1.54, 1.807) is 0 Å². The number of rotatable bonds is 5. The maximum atomic E-state index is 10.5. The maximum Gasteiger partial charge on any atom is 0.303 e. The molecule has 0 bridgehead atoms. The van der Waals surface area contributed by atoms with Crippen molar-refractivity contribution in [3.8, 4) is 0 Å². The Morgan fingerprint density at radius 2 is 2.11 bits per heavy atom. The number of para-hydroxylation sites is 1. The first-order valence-electron chi connectivity index (χ1n) is 5.86. The number of aryl methyl sites for hydroxylation is 1. The van der Waals surface area contributed by atoms with Crippen LogP contribution in [0.4, 0.5) is 5.82 Å². The predicted molar refractivity (Wildman–Crippen MR) is 69.7 cm³/mol. The summed E-state index contributed by atoms with van der Waals surface area (Å²) in [4.78, 5) is 19.3. The lowest BCUT2D eigenvalue weighted by Gasteiger charge is -2.07. The second-order valence-electron chi connectivity index (χ2n) is 4.00. The van der Waals surface area contributed by atoms with Crippen LogP contribution in [0.15, 0.2) is 24.3 Å². The third-order valence-electron chi connectivity index (χ3n) is 2.68. The summed E-state index contributed by atoms with van der Waals surface area (Å²) in [6, 6.07) is 7.76. The van der Waals surface area contributed by atoms with E-state index in [0.717, 1.165) is 16.7 Å². The normalized spacial score (nSPS) is 10.5. The van der Waals surface area contributed by atoms with Gasteiger partial charge in [-0.15, -0.1) is 0 Å².